The molecule has 4 rings (SSSR count). The summed E-state index contributed by atoms with van der Waals surface area (Å²) >= 11 is 0. The van der Waals surface area contributed by atoms with Crippen LogP contribution in [0, 0.1) is 10.1 Å². The van der Waals surface area contributed by atoms with Gasteiger partial charge in [0.25, 0.3) is 17.2 Å². The number of carbonyl (C=O) groups excluding carboxylic acids is 1. The number of H-pyrrole nitrogens is 1. The molecule has 0 fully saturated rings. The van der Waals surface area contributed by atoms with Gasteiger partial charge in [-0.15, -0.1) is 0 Å². The molecule has 0 bridgehead atoms. The van der Waals surface area contributed by atoms with Gasteiger partial charge >= 0.3 is 0 Å². The van der Waals surface area contributed by atoms with E-state index in [4.69, 9.17) is 0 Å². The Morgan fingerprint density at radius 3 is 2.55 bits per heavy atom. The summed E-state index contributed by atoms with van der Waals surface area (Å²) in [5.41, 5.74) is 2.00. The van der Waals surface area contributed by atoms with Gasteiger partial charge in [-0.05, 0) is 23.8 Å². The Hall–Kier alpha value is -4.77. The topological polar surface area (TPSA) is 163 Å². The summed E-state index contributed by atoms with van der Waals surface area (Å²) in [6.45, 7) is 0. The summed E-state index contributed by atoms with van der Waals surface area (Å²) in [6.07, 6.45) is 1.48. The molecule has 3 N–H and O–H groups in total. The van der Waals surface area contributed by atoms with Crippen molar-refractivity contribution in [3.05, 3.63) is 110 Å². The average molecular weight is 444 g/mol. The Morgan fingerprint density at radius 2 is 1.85 bits per heavy atom. The maximum absolute atomic E-state index is 12.8. The van der Waals surface area contributed by atoms with Crippen LogP contribution >= 0.6 is 0 Å². The van der Waals surface area contributed by atoms with Crippen molar-refractivity contribution in [2.24, 2.45) is 5.10 Å². The summed E-state index contributed by atoms with van der Waals surface area (Å²) in [6, 6.07) is 15.2. The number of aliphatic hydroxyl groups is 1. The van der Waals surface area contributed by atoms with Crippen LogP contribution in [0.3, 0.4) is 0 Å². The molecule has 0 saturated carbocycles. The van der Waals surface area contributed by atoms with E-state index >= 15 is 0 Å². The zero-order valence-electron chi connectivity index (χ0n) is 16.9. The summed E-state index contributed by atoms with van der Waals surface area (Å²) in [7, 11) is 0. The number of nitrogens with zero attached hydrogens (tertiary/aromatic N) is 4. The summed E-state index contributed by atoms with van der Waals surface area (Å²) < 4.78 is 0. The fourth-order valence-corrected chi connectivity index (χ4v) is 3.08. The number of fused-ring (bicyclic) bond motifs is 1. The molecule has 11 heteroatoms. The van der Waals surface area contributed by atoms with E-state index in [1.165, 1.54) is 42.7 Å². The molecule has 0 aliphatic carbocycles. The fourth-order valence-electron chi connectivity index (χ4n) is 3.08. The lowest BCUT2D eigenvalue weighted by molar-refractivity contribution is -0.384. The number of nitro benzene ring substituents is 1. The van der Waals surface area contributed by atoms with Gasteiger partial charge < -0.3 is 10.1 Å². The van der Waals surface area contributed by atoms with Gasteiger partial charge in [-0.3, -0.25) is 24.7 Å². The van der Waals surface area contributed by atoms with Gasteiger partial charge in [0, 0.05) is 30.1 Å². The standard InChI is InChI=1S/C22H16N6O5/c29-20(13-4-2-1-3-5-13)18(26-27-21(30)14-8-10-23-11-9-14)19-22(31)25-17-12-15(28(32)33)6-7-16(17)24-19/h1-12,20,29H,(H,25,31)(H,27,30). The number of hydrogen-bond acceptors (Lipinski definition) is 8. The number of rotatable bonds is 6. The van der Waals surface area contributed by atoms with Crippen LogP contribution in [-0.4, -0.2) is 36.6 Å². The Morgan fingerprint density at radius 1 is 1.12 bits per heavy atom. The number of non-ortho nitro benzene ring substituents is 1. The third kappa shape index (κ3) is 4.62. The Bertz CT molecular complexity index is 1420. The number of carbonyl (C=O) groups is 1. The molecule has 0 radical (unpaired) electrons. The first-order valence-electron chi connectivity index (χ1n) is 9.64. The summed E-state index contributed by atoms with van der Waals surface area (Å²) in [5.74, 6) is -0.581. The van der Waals surface area contributed by atoms with Gasteiger partial charge in [0.2, 0.25) is 0 Å². The lowest BCUT2D eigenvalue weighted by Crippen LogP contribution is -2.29. The van der Waals surface area contributed by atoms with Crippen molar-refractivity contribution in [1.82, 2.24) is 20.4 Å². The number of aromatic amines is 1. The predicted octanol–water partition coefficient (Wildman–Crippen LogP) is 2.09. The Labute approximate surface area is 185 Å². The summed E-state index contributed by atoms with van der Waals surface area (Å²) in [5, 5.41) is 26.0. The molecule has 0 spiro atoms. The van der Waals surface area contributed by atoms with Crippen molar-refractivity contribution in [2.75, 3.05) is 0 Å². The number of hydrazone groups is 1. The molecule has 164 valence electrons. The number of benzene rings is 2. The minimum absolute atomic E-state index is 0.146. The van der Waals surface area contributed by atoms with Crippen molar-refractivity contribution >= 4 is 28.3 Å². The van der Waals surface area contributed by atoms with Crippen LogP contribution in [0.1, 0.15) is 27.7 Å². The molecule has 11 nitrogen and oxygen atoms in total. The van der Waals surface area contributed by atoms with Crippen molar-refractivity contribution in [3.63, 3.8) is 0 Å². The zero-order chi connectivity index (χ0) is 23.4. The number of pyridine rings is 1. The molecule has 1 atom stereocenters. The Kier molecular flexibility index (Phi) is 5.96. The van der Waals surface area contributed by atoms with Gasteiger partial charge in [-0.1, -0.05) is 30.3 Å². The van der Waals surface area contributed by atoms with E-state index in [0.717, 1.165) is 0 Å². The third-order valence-corrected chi connectivity index (χ3v) is 4.72. The number of nitro groups is 1. The Balaban J connectivity index is 1.80. The maximum Gasteiger partial charge on any atom is 0.276 e. The quantitative estimate of drug-likeness (QED) is 0.233. The van der Waals surface area contributed by atoms with E-state index in [9.17, 15) is 24.8 Å². The number of aromatic nitrogens is 3. The molecular weight excluding hydrogens is 428 g/mol. The minimum Gasteiger partial charge on any atom is -0.382 e. The number of amides is 1. The molecular formula is C22H16N6O5. The number of hydrogen-bond donors (Lipinski definition) is 3. The molecule has 2 heterocycles. The van der Waals surface area contributed by atoms with E-state index in [1.807, 2.05) is 0 Å². The minimum atomic E-state index is -1.40. The van der Waals surface area contributed by atoms with E-state index in [-0.39, 0.29) is 33.7 Å². The van der Waals surface area contributed by atoms with Crippen molar-refractivity contribution in [3.8, 4) is 0 Å². The molecule has 33 heavy (non-hydrogen) atoms. The van der Waals surface area contributed by atoms with Gasteiger partial charge in [-0.25, -0.2) is 10.4 Å². The second kappa shape index (κ2) is 9.16. The van der Waals surface area contributed by atoms with Crippen LogP contribution in [0.2, 0.25) is 0 Å². The predicted molar refractivity (Wildman–Crippen MR) is 119 cm³/mol. The second-order valence-electron chi connectivity index (χ2n) is 6.86. The molecule has 0 aliphatic heterocycles. The van der Waals surface area contributed by atoms with Gasteiger partial charge in [0.15, 0.2) is 5.69 Å². The molecule has 4 aromatic rings. The van der Waals surface area contributed by atoms with Crippen LogP contribution < -0.4 is 11.0 Å². The molecule has 0 saturated heterocycles. The van der Waals surface area contributed by atoms with Crippen LogP contribution in [0.5, 0.6) is 0 Å². The highest BCUT2D eigenvalue weighted by atomic mass is 16.6. The van der Waals surface area contributed by atoms with Gasteiger partial charge in [0.05, 0.1) is 16.0 Å². The van der Waals surface area contributed by atoms with Gasteiger partial charge in [-0.2, -0.15) is 5.10 Å². The molecule has 1 unspecified atom stereocenters. The SMILES string of the molecule is O=C(NN=C(c1nc2ccc([N+](=O)[O-])cc2[nH]c1=O)C(O)c1ccccc1)c1ccncc1. The van der Waals surface area contributed by atoms with E-state index < -0.39 is 22.5 Å². The van der Waals surface area contributed by atoms with E-state index in [0.29, 0.717) is 5.56 Å². The van der Waals surface area contributed by atoms with Crippen LogP contribution in [0.15, 0.2) is 83.0 Å². The first-order chi connectivity index (χ1) is 15.9. The molecule has 1 amide bonds. The molecule has 0 aliphatic rings. The smallest absolute Gasteiger partial charge is 0.276 e. The highest BCUT2D eigenvalue weighted by molar-refractivity contribution is 6.04. The second-order valence-corrected chi connectivity index (χ2v) is 6.86. The lowest BCUT2D eigenvalue weighted by atomic mass is 10.0. The van der Waals surface area contributed by atoms with Crippen LogP contribution in [-0.2, 0) is 0 Å². The highest BCUT2D eigenvalue weighted by Gasteiger charge is 2.23. The van der Waals surface area contributed by atoms with Crippen molar-refractivity contribution in [2.45, 2.75) is 6.10 Å². The largest absolute Gasteiger partial charge is 0.382 e. The van der Waals surface area contributed by atoms with Crippen molar-refractivity contribution in [1.29, 1.82) is 0 Å². The van der Waals surface area contributed by atoms with Crippen LogP contribution in [0.4, 0.5) is 5.69 Å². The number of aliphatic hydroxyl groups excluding tert-OH is 1. The average Bonchev–Trinajstić information content (AvgIpc) is 2.84. The zero-order valence-corrected chi connectivity index (χ0v) is 16.9. The first kappa shape index (κ1) is 21.5. The summed E-state index contributed by atoms with van der Waals surface area (Å²) in [4.78, 5) is 46.3. The maximum atomic E-state index is 12.8. The molecule has 2 aromatic carbocycles. The lowest BCUT2D eigenvalue weighted by Gasteiger charge is -2.14. The third-order valence-electron chi connectivity index (χ3n) is 4.72. The van der Waals surface area contributed by atoms with Crippen molar-refractivity contribution < 1.29 is 14.8 Å². The number of nitrogens with one attached hydrogen (secondary N) is 2. The normalized spacial score (nSPS) is 12.3. The van der Waals surface area contributed by atoms with Gasteiger partial charge in [0.1, 0.15) is 11.8 Å². The molecule has 2 aromatic heterocycles. The monoisotopic (exact) mass is 444 g/mol. The highest BCUT2D eigenvalue weighted by Crippen LogP contribution is 2.20. The van der Waals surface area contributed by atoms with E-state index in [1.54, 1.807) is 30.3 Å². The van der Waals surface area contributed by atoms with Crippen LogP contribution in [0.25, 0.3) is 11.0 Å². The first-order valence-corrected chi connectivity index (χ1v) is 9.64. The fraction of sp³-hybridized carbons (Fsp3) is 0.0455. The van der Waals surface area contributed by atoms with E-state index in [2.05, 4.69) is 25.5 Å².